The first-order valence-electron chi connectivity index (χ1n) is 10.9. The minimum atomic E-state index is 0.315. The molecule has 0 saturated heterocycles. The van der Waals surface area contributed by atoms with Gasteiger partial charge < -0.3 is 24.8 Å². The number of guanidine groups is 1. The molecule has 0 bridgehead atoms. The van der Waals surface area contributed by atoms with Crippen LogP contribution in [0.25, 0.3) is 0 Å². The van der Waals surface area contributed by atoms with Gasteiger partial charge in [-0.05, 0) is 54.5 Å². The third kappa shape index (κ3) is 6.85. The highest BCUT2D eigenvalue weighted by atomic mass is 16.5. The van der Waals surface area contributed by atoms with Crippen LogP contribution in [-0.2, 0) is 11.3 Å². The third-order valence-corrected chi connectivity index (χ3v) is 5.89. The maximum absolute atomic E-state index is 5.79. The second-order valence-corrected chi connectivity index (χ2v) is 8.01. The standard InChI is InChI=1S/C24H34N4O3/c1-25-23(28-18-24(14-15-29-2)12-4-5-13-24)27-17-19-6-11-22(26-16-19)31-21-9-7-20(30-3)8-10-21/h6-11,16H,4-5,12-15,17-18H2,1-3H3,(H2,25,27,28). The Morgan fingerprint density at radius 1 is 1.03 bits per heavy atom. The summed E-state index contributed by atoms with van der Waals surface area (Å²) < 4.78 is 16.3. The number of aliphatic imine (C=N–C) groups is 1. The van der Waals surface area contributed by atoms with Gasteiger partial charge in [-0.2, -0.15) is 0 Å². The smallest absolute Gasteiger partial charge is 0.219 e. The molecule has 2 aromatic rings. The molecule has 0 atom stereocenters. The monoisotopic (exact) mass is 426 g/mol. The molecule has 168 valence electrons. The van der Waals surface area contributed by atoms with Crippen LogP contribution in [0.4, 0.5) is 0 Å². The molecule has 2 N–H and O–H groups in total. The average molecular weight is 427 g/mol. The summed E-state index contributed by atoms with van der Waals surface area (Å²) in [5, 5.41) is 6.89. The van der Waals surface area contributed by atoms with Crippen molar-refractivity contribution in [3.63, 3.8) is 0 Å². The zero-order valence-electron chi connectivity index (χ0n) is 18.8. The lowest BCUT2D eigenvalue weighted by molar-refractivity contribution is 0.138. The Morgan fingerprint density at radius 3 is 2.39 bits per heavy atom. The Morgan fingerprint density at radius 2 is 1.77 bits per heavy atom. The average Bonchev–Trinajstić information content (AvgIpc) is 3.28. The first kappa shape index (κ1) is 22.9. The largest absolute Gasteiger partial charge is 0.497 e. The van der Waals surface area contributed by atoms with Crippen LogP contribution in [0.5, 0.6) is 17.4 Å². The van der Waals surface area contributed by atoms with Crippen LogP contribution in [0.1, 0.15) is 37.7 Å². The highest BCUT2D eigenvalue weighted by Crippen LogP contribution is 2.40. The molecule has 0 spiro atoms. The summed E-state index contributed by atoms with van der Waals surface area (Å²) in [5.41, 5.74) is 1.37. The fourth-order valence-corrected chi connectivity index (χ4v) is 3.98. The Labute approximate surface area is 185 Å². The van der Waals surface area contributed by atoms with Crippen LogP contribution in [0.2, 0.25) is 0 Å². The summed E-state index contributed by atoms with van der Waals surface area (Å²) in [6.45, 7) is 2.37. The summed E-state index contributed by atoms with van der Waals surface area (Å²) in [7, 11) is 5.22. The van der Waals surface area contributed by atoms with Gasteiger partial charge in [0.25, 0.3) is 0 Å². The fourth-order valence-electron chi connectivity index (χ4n) is 3.98. The Hall–Kier alpha value is -2.80. The summed E-state index contributed by atoms with van der Waals surface area (Å²) >= 11 is 0. The Kier molecular flexibility index (Phi) is 8.53. The molecule has 0 aliphatic heterocycles. The summed E-state index contributed by atoms with van der Waals surface area (Å²) in [6.07, 6.45) is 8.01. The van der Waals surface area contributed by atoms with Gasteiger partial charge in [0.2, 0.25) is 5.88 Å². The van der Waals surface area contributed by atoms with E-state index in [1.54, 1.807) is 21.3 Å². The molecule has 1 saturated carbocycles. The van der Waals surface area contributed by atoms with Crippen LogP contribution < -0.4 is 20.1 Å². The first-order chi connectivity index (χ1) is 15.2. The lowest BCUT2D eigenvalue weighted by atomic mass is 9.83. The molecular formula is C24H34N4O3. The van der Waals surface area contributed by atoms with Crippen LogP contribution in [0.3, 0.4) is 0 Å². The number of nitrogens with one attached hydrogen (secondary N) is 2. The molecule has 0 radical (unpaired) electrons. The summed E-state index contributed by atoms with van der Waals surface area (Å²) in [5.74, 6) is 2.87. The quantitative estimate of drug-likeness (QED) is 0.439. The number of aromatic nitrogens is 1. The van der Waals surface area contributed by atoms with Crippen molar-refractivity contribution in [3.05, 3.63) is 48.2 Å². The van der Waals surface area contributed by atoms with Gasteiger partial charge in [0.15, 0.2) is 5.96 Å². The van der Waals surface area contributed by atoms with Crippen molar-refractivity contribution in [2.45, 2.75) is 38.6 Å². The molecule has 1 aliphatic rings. The number of nitrogens with zero attached hydrogens (tertiary/aromatic N) is 2. The molecule has 1 aromatic carbocycles. The molecule has 1 aliphatic carbocycles. The lowest BCUT2D eigenvalue weighted by Gasteiger charge is -2.30. The van der Waals surface area contributed by atoms with Crippen molar-refractivity contribution < 1.29 is 14.2 Å². The van der Waals surface area contributed by atoms with E-state index in [0.717, 1.165) is 42.6 Å². The molecule has 7 heteroatoms. The van der Waals surface area contributed by atoms with Crippen molar-refractivity contribution in [2.75, 3.05) is 34.4 Å². The van der Waals surface area contributed by atoms with Gasteiger partial charge in [-0.1, -0.05) is 18.9 Å². The van der Waals surface area contributed by atoms with E-state index in [2.05, 4.69) is 20.6 Å². The van der Waals surface area contributed by atoms with Gasteiger partial charge in [0.05, 0.1) is 7.11 Å². The number of ether oxygens (including phenoxy) is 3. The molecular weight excluding hydrogens is 392 g/mol. The van der Waals surface area contributed by atoms with E-state index in [-0.39, 0.29) is 0 Å². The van der Waals surface area contributed by atoms with Crippen LogP contribution in [0.15, 0.2) is 47.6 Å². The highest BCUT2D eigenvalue weighted by Gasteiger charge is 2.33. The van der Waals surface area contributed by atoms with Gasteiger partial charge >= 0.3 is 0 Å². The van der Waals surface area contributed by atoms with E-state index in [9.17, 15) is 0 Å². The maximum Gasteiger partial charge on any atom is 0.219 e. The van der Waals surface area contributed by atoms with Crippen molar-refractivity contribution in [3.8, 4) is 17.4 Å². The zero-order valence-corrected chi connectivity index (χ0v) is 18.8. The fraction of sp³-hybridized carbons (Fsp3) is 0.500. The Bertz CT molecular complexity index is 816. The first-order valence-corrected chi connectivity index (χ1v) is 10.9. The maximum atomic E-state index is 5.79. The Balaban J connectivity index is 1.47. The molecule has 0 unspecified atom stereocenters. The van der Waals surface area contributed by atoms with E-state index >= 15 is 0 Å². The molecule has 7 nitrogen and oxygen atoms in total. The molecule has 1 aromatic heterocycles. The molecule has 31 heavy (non-hydrogen) atoms. The van der Waals surface area contributed by atoms with Gasteiger partial charge in [-0.25, -0.2) is 4.98 Å². The molecule has 1 fully saturated rings. The topological polar surface area (TPSA) is 77.0 Å². The van der Waals surface area contributed by atoms with Gasteiger partial charge in [-0.15, -0.1) is 0 Å². The summed E-state index contributed by atoms with van der Waals surface area (Å²) in [4.78, 5) is 8.78. The van der Waals surface area contributed by atoms with E-state index in [0.29, 0.717) is 17.8 Å². The SMILES string of the molecule is CN=C(NCc1ccc(Oc2ccc(OC)cc2)nc1)NCC1(CCOC)CCCC1. The van der Waals surface area contributed by atoms with Crippen molar-refractivity contribution in [2.24, 2.45) is 10.4 Å². The highest BCUT2D eigenvalue weighted by molar-refractivity contribution is 5.79. The van der Waals surface area contributed by atoms with Gasteiger partial charge in [0, 0.05) is 46.1 Å². The van der Waals surface area contributed by atoms with Crippen LogP contribution in [-0.4, -0.2) is 45.4 Å². The summed E-state index contributed by atoms with van der Waals surface area (Å²) in [6, 6.07) is 11.3. The lowest BCUT2D eigenvalue weighted by Crippen LogP contribution is -2.43. The molecule has 3 rings (SSSR count). The second-order valence-electron chi connectivity index (χ2n) is 8.01. The van der Waals surface area contributed by atoms with Crippen LogP contribution >= 0.6 is 0 Å². The zero-order chi connectivity index (χ0) is 21.9. The predicted octanol–water partition coefficient (Wildman–Crippen LogP) is 4.14. The number of rotatable bonds is 10. The predicted molar refractivity (Wildman–Crippen MR) is 123 cm³/mol. The van der Waals surface area contributed by atoms with Crippen molar-refractivity contribution in [1.29, 1.82) is 0 Å². The van der Waals surface area contributed by atoms with Crippen molar-refractivity contribution >= 4 is 5.96 Å². The van der Waals surface area contributed by atoms with E-state index in [4.69, 9.17) is 14.2 Å². The number of pyridine rings is 1. The number of hydrogen-bond donors (Lipinski definition) is 2. The van der Waals surface area contributed by atoms with E-state index in [1.807, 2.05) is 42.6 Å². The third-order valence-electron chi connectivity index (χ3n) is 5.89. The molecule has 1 heterocycles. The number of benzene rings is 1. The molecule has 0 amide bonds. The number of hydrogen-bond acceptors (Lipinski definition) is 5. The van der Waals surface area contributed by atoms with Gasteiger partial charge in [0.1, 0.15) is 11.5 Å². The normalized spacial score (nSPS) is 15.5. The van der Waals surface area contributed by atoms with Crippen molar-refractivity contribution in [1.82, 2.24) is 15.6 Å². The van der Waals surface area contributed by atoms with E-state index in [1.165, 1.54) is 25.7 Å². The van der Waals surface area contributed by atoms with E-state index < -0.39 is 0 Å². The minimum absolute atomic E-state index is 0.315. The van der Waals surface area contributed by atoms with Gasteiger partial charge in [-0.3, -0.25) is 4.99 Å². The van der Waals surface area contributed by atoms with Crippen LogP contribution in [0, 0.1) is 5.41 Å². The number of methoxy groups -OCH3 is 2. The second kappa shape index (κ2) is 11.6. The minimum Gasteiger partial charge on any atom is -0.497 e.